The van der Waals surface area contributed by atoms with E-state index in [0.717, 1.165) is 33.7 Å². The smallest absolute Gasteiger partial charge is 0.335 e. The molecule has 5 rings (SSSR count). The van der Waals surface area contributed by atoms with Crippen LogP contribution in [0.4, 0.5) is 4.39 Å². The highest BCUT2D eigenvalue weighted by Gasteiger charge is 2.14. The molecule has 0 amide bonds. The molecular formula is C30H25ClFN3O4. The van der Waals surface area contributed by atoms with Crippen LogP contribution in [0.2, 0.25) is 5.02 Å². The number of hydrogen-bond donors (Lipinski definition) is 1. The molecule has 0 aliphatic heterocycles. The minimum absolute atomic E-state index is 0.0381. The van der Waals surface area contributed by atoms with Crippen molar-refractivity contribution >= 4 is 28.6 Å². The Bertz CT molecular complexity index is 1640. The third kappa shape index (κ3) is 6.08. The third-order valence-electron chi connectivity index (χ3n) is 6.32. The SMILES string of the molecule is COCCn1c(Cc2ccc(-c3cccc(OCc4ccc(Cl)cc4F)n3)cc2)nc2ccc(C(=O)O)cc21. The first-order chi connectivity index (χ1) is 18.9. The normalized spacial score (nSPS) is 11.2. The van der Waals surface area contributed by atoms with Crippen LogP contribution < -0.4 is 4.74 Å². The fraction of sp³-hybridized carbons (Fsp3) is 0.167. The summed E-state index contributed by atoms with van der Waals surface area (Å²) in [6, 6.07) is 22.8. The molecule has 0 bridgehead atoms. The molecule has 9 heteroatoms. The number of rotatable bonds is 10. The zero-order valence-electron chi connectivity index (χ0n) is 21.1. The highest BCUT2D eigenvalue weighted by molar-refractivity contribution is 6.30. The number of carboxylic acid groups (broad SMARTS) is 1. The molecule has 7 nitrogen and oxygen atoms in total. The van der Waals surface area contributed by atoms with E-state index in [1.54, 1.807) is 43.5 Å². The molecule has 3 aromatic carbocycles. The Hall–Kier alpha value is -4.27. The summed E-state index contributed by atoms with van der Waals surface area (Å²) in [4.78, 5) is 20.8. The summed E-state index contributed by atoms with van der Waals surface area (Å²) >= 11 is 5.82. The molecule has 0 unspecified atom stereocenters. The van der Waals surface area contributed by atoms with Gasteiger partial charge in [-0.25, -0.2) is 19.2 Å². The van der Waals surface area contributed by atoms with Crippen LogP contribution in [0.3, 0.4) is 0 Å². The summed E-state index contributed by atoms with van der Waals surface area (Å²) in [7, 11) is 1.63. The molecule has 0 aliphatic carbocycles. The van der Waals surface area contributed by atoms with Gasteiger partial charge in [-0.2, -0.15) is 0 Å². The summed E-state index contributed by atoms with van der Waals surface area (Å²) in [5, 5.41) is 9.74. The van der Waals surface area contributed by atoms with Crippen LogP contribution in [0, 0.1) is 5.82 Å². The van der Waals surface area contributed by atoms with Gasteiger partial charge >= 0.3 is 5.97 Å². The standard InChI is InChI=1S/C30H25ClFN3O4/c1-38-14-13-35-27-16-21(30(36)37)10-12-26(27)33-28(35)15-19-5-7-20(8-6-19)25-3-2-4-29(34-25)39-18-22-9-11-23(31)17-24(22)32/h2-12,16-17H,13-15,18H2,1H3,(H,36,37). The zero-order valence-corrected chi connectivity index (χ0v) is 21.9. The Morgan fingerprint density at radius 3 is 2.59 bits per heavy atom. The van der Waals surface area contributed by atoms with E-state index in [4.69, 9.17) is 26.1 Å². The van der Waals surface area contributed by atoms with Crippen molar-refractivity contribution in [2.45, 2.75) is 19.6 Å². The van der Waals surface area contributed by atoms with Gasteiger partial charge in [0.25, 0.3) is 0 Å². The van der Waals surface area contributed by atoms with Gasteiger partial charge in [-0.3, -0.25) is 0 Å². The van der Waals surface area contributed by atoms with Gasteiger partial charge in [0.1, 0.15) is 18.2 Å². The molecule has 0 aliphatic rings. The van der Waals surface area contributed by atoms with Crippen LogP contribution in [0.1, 0.15) is 27.3 Å². The maximum Gasteiger partial charge on any atom is 0.335 e. The van der Waals surface area contributed by atoms with Gasteiger partial charge in [0.15, 0.2) is 0 Å². The van der Waals surface area contributed by atoms with Crippen molar-refractivity contribution in [1.82, 2.24) is 14.5 Å². The van der Waals surface area contributed by atoms with Crippen molar-refractivity contribution in [3.05, 3.63) is 112 Å². The summed E-state index contributed by atoms with van der Waals surface area (Å²) in [6.45, 7) is 1.07. The van der Waals surface area contributed by atoms with Gasteiger partial charge in [0.05, 0.1) is 28.9 Å². The quantitative estimate of drug-likeness (QED) is 0.218. The van der Waals surface area contributed by atoms with Gasteiger partial charge in [-0.15, -0.1) is 0 Å². The van der Waals surface area contributed by atoms with Crippen LogP contribution in [0.5, 0.6) is 5.88 Å². The highest BCUT2D eigenvalue weighted by atomic mass is 35.5. The fourth-order valence-electron chi connectivity index (χ4n) is 4.30. The minimum atomic E-state index is -0.978. The molecule has 0 fully saturated rings. The summed E-state index contributed by atoms with van der Waals surface area (Å²) in [6.07, 6.45) is 0.560. The number of methoxy groups -OCH3 is 1. The second kappa shape index (κ2) is 11.6. The molecule has 0 atom stereocenters. The molecule has 39 heavy (non-hydrogen) atoms. The van der Waals surface area contributed by atoms with Crippen molar-refractivity contribution < 1.29 is 23.8 Å². The van der Waals surface area contributed by atoms with Crippen LogP contribution in [-0.2, 0) is 24.3 Å². The van der Waals surface area contributed by atoms with Crippen LogP contribution in [-0.4, -0.2) is 39.3 Å². The van der Waals surface area contributed by atoms with E-state index in [9.17, 15) is 14.3 Å². The molecular weight excluding hydrogens is 521 g/mol. The number of carbonyl (C=O) groups is 1. The Morgan fingerprint density at radius 1 is 1.03 bits per heavy atom. The van der Waals surface area contributed by atoms with Crippen molar-refractivity contribution in [3.63, 3.8) is 0 Å². The number of pyridine rings is 1. The van der Waals surface area contributed by atoms with E-state index < -0.39 is 11.8 Å². The maximum absolute atomic E-state index is 14.1. The summed E-state index contributed by atoms with van der Waals surface area (Å²) in [5.41, 5.74) is 4.78. The molecule has 2 aromatic heterocycles. The third-order valence-corrected chi connectivity index (χ3v) is 6.55. The van der Waals surface area contributed by atoms with Gasteiger partial charge in [0.2, 0.25) is 5.88 Å². The van der Waals surface area contributed by atoms with Gasteiger partial charge in [0, 0.05) is 42.3 Å². The number of ether oxygens (including phenoxy) is 2. The highest BCUT2D eigenvalue weighted by Crippen LogP contribution is 2.24. The van der Waals surface area contributed by atoms with Crippen LogP contribution in [0.25, 0.3) is 22.3 Å². The number of aromatic carboxylic acids is 1. The Balaban J connectivity index is 1.33. The number of halogens is 2. The lowest BCUT2D eigenvalue weighted by atomic mass is 10.1. The van der Waals surface area contributed by atoms with Crippen molar-refractivity contribution in [2.24, 2.45) is 0 Å². The zero-order chi connectivity index (χ0) is 27.4. The average Bonchev–Trinajstić information content (AvgIpc) is 3.27. The summed E-state index contributed by atoms with van der Waals surface area (Å²) in [5.74, 6) is -0.195. The predicted molar refractivity (Wildman–Crippen MR) is 147 cm³/mol. The number of hydrogen-bond acceptors (Lipinski definition) is 5. The molecule has 198 valence electrons. The second-order valence-corrected chi connectivity index (χ2v) is 9.38. The van der Waals surface area contributed by atoms with Gasteiger partial charge in [-0.05, 0) is 42.0 Å². The number of fused-ring (bicyclic) bond motifs is 1. The Labute approximate surface area is 229 Å². The number of carboxylic acids is 1. The van der Waals surface area contributed by atoms with Gasteiger partial charge in [-0.1, -0.05) is 48.0 Å². The van der Waals surface area contributed by atoms with Crippen molar-refractivity contribution in [1.29, 1.82) is 0 Å². The largest absolute Gasteiger partial charge is 0.478 e. The van der Waals surface area contributed by atoms with E-state index in [2.05, 4.69) is 4.98 Å². The lowest BCUT2D eigenvalue weighted by Crippen LogP contribution is -2.09. The Morgan fingerprint density at radius 2 is 1.85 bits per heavy atom. The van der Waals surface area contributed by atoms with E-state index in [1.807, 2.05) is 41.0 Å². The molecule has 5 aromatic rings. The molecule has 2 heterocycles. The van der Waals surface area contributed by atoms with E-state index >= 15 is 0 Å². The van der Waals surface area contributed by atoms with E-state index in [0.29, 0.717) is 36.0 Å². The average molecular weight is 546 g/mol. The Kier molecular flexibility index (Phi) is 7.86. The summed E-state index contributed by atoms with van der Waals surface area (Å²) < 4.78 is 27.1. The van der Waals surface area contributed by atoms with E-state index in [1.165, 1.54) is 6.07 Å². The monoisotopic (exact) mass is 545 g/mol. The predicted octanol–water partition coefficient (Wildman–Crippen LogP) is 6.41. The second-order valence-electron chi connectivity index (χ2n) is 8.94. The van der Waals surface area contributed by atoms with Gasteiger partial charge < -0.3 is 19.1 Å². The number of benzene rings is 3. The molecule has 1 N–H and O–H groups in total. The van der Waals surface area contributed by atoms with Crippen molar-refractivity contribution in [2.75, 3.05) is 13.7 Å². The van der Waals surface area contributed by atoms with Crippen molar-refractivity contribution in [3.8, 4) is 17.1 Å². The molecule has 0 saturated carbocycles. The number of nitrogens with zero attached hydrogens (tertiary/aromatic N) is 3. The molecule has 0 radical (unpaired) electrons. The lowest BCUT2D eigenvalue weighted by molar-refractivity contribution is 0.0697. The first-order valence-corrected chi connectivity index (χ1v) is 12.6. The lowest BCUT2D eigenvalue weighted by Gasteiger charge is -2.10. The first kappa shape index (κ1) is 26.3. The minimum Gasteiger partial charge on any atom is -0.478 e. The van der Waals surface area contributed by atoms with Crippen LogP contribution >= 0.6 is 11.6 Å². The fourth-order valence-corrected chi connectivity index (χ4v) is 4.45. The molecule has 0 spiro atoms. The van der Waals surface area contributed by atoms with Crippen LogP contribution in [0.15, 0.2) is 78.9 Å². The van der Waals surface area contributed by atoms with E-state index in [-0.39, 0.29) is 12.2 Å². The maximum atomic E-state index is 14.1. The topological polar surface area (TPSA) is 86.5 Å². The number of aromatic nitrogens is 3. The number of imidazole rings is 1. The molecule has 0 saturated heterocycles. The first-order valence-electron chi connectivity index (χ1n) is 12.3.